The second kappa shape index (κ2) is 5.75. The van der Waals surface area contributed by atoms with Crippen LogP contribution in [0.5, 0.6) is 5.75 Å². The minimum atomic E-state index is -0.309. The number of rotatable bonds is 5. The van der Waals surface area contributed by atoms with Crippen LogP contribution in [0.15, 0.2) is 16.7 Å². The first-order valence-corrected chi connectivity index (χ1v) is 5.62. The summed E-state index contributed by atoms with van der Waals surface area (Å²) in [5.41, 5.74) is 0.201. The van der Waals surface area contributed by atoms with E-state index in [0.717, 1.165) is 4.47 Å². The van der Waals surface area contributed by atoms with Gasteiger partial charge in [-0.3, -0.25) is 9.59 Å². The largest absolute Gasteiger partial charge is 0.494 e. The highest BCUT2D eigenvalue weighted by Crippen LogP contribution is 2.22. The van der Waals surface area contributed by atoms with E-state index >= 15 is 0 Å². The Morgan fingerprint density at radius 1 is 1.50 bits per heavy atom. The van der Waals surface area contributed by atoms with Crippen molar-refractivity contribution >= 4 is 27.5 Å². The number of pyridine rings is 1. The number of ketones is 2. The third-order valence-electron chi connectivity index (χ3n) is 2.06. The van der Waals surface area contributed by atoms with Crippen molar-refractivity contribution < 1.29 is 14.3 Å². The summed E-state index contributed by atoms with van der Waals surface area (Å²) in [5, 5.41) is 0. The number of hydrogen-bond donors (Lipinski definition) is 0. The third-order valence-corrected chi connectivity index (χ3v) is 2.49. The number of ether oxygens (including phenoxy) is 1. The van der Waals surface area contributed by atoms with Gasteiger partial charge >= 0.3 is 0 Å². The molecule has 0 unspecified atom stereocenters. The molecule has 0 radical (unpaired) electrons. The Hall–Kier alpha value is -1.23. The highest BCUT2D eigenvalue weighted by Gasteiger charge is 2.16. The summed E-state index contributed by atoms with van der Waals surface area (Å²) in [6.07, 6.45) is 1.73. The van der Waals surface area contributed by atoms with Gasteiger partial charge in [0.2, 0.25) is 0 Å². The monoisotopic (exact) mass is 285 g/mol. The van der Waals surface area contributed by atoms with Gasteiger partial charge < -0.3 is 4.74 Å². The van der Waals surface area contributed by atoms with Gasteiger partial charge in [-0.25, -0.2) is 4.98 Å². The van der Waals surface area contributed by atoms with Crippen molar-refractivity contribution in [3.05, 3.63) is 22.4 Å². The lowest BCUT2D eigenvalue weighted by Crippen LogP contribution is -2.10. The normalized spacial score (nSPS) is 9.94. The molecule has 0 amide bonds. The average molecular weight is 286 g/mol. The molecule has 0 N–H and O–H groups in total. The molecule has 1 rings (SSSR count). The molecule has 1 heterocycles. The molecule has 0 fully saturated rings. The fourth-order valence-electron chi connectivity index (χ4n) is 1.17. The fraction of sp³-hybridized carbons (Fsp3) is 0.364. The van der Waals surface area contributed by atoms with Gasteiger partial charge in [0.25, 0.3) is 0 Å². The molecule has 0 saturated carbocycles. The summed E-state index contributed by atoms with van der Waals surface area (Å²) < 4.78 is 5.76. The molecule has 0 aliphatic carbocycles. The summed E-state index contributed by atoms with van der Waals surface area (Å²) in [5.74, 6) is -0.0313. The third kappa shape index (κ3) is 3.13. The number of hydrogen-bond acceptors (Lipinski definition) is 4. The zero-order chi connectivity index (χ0) is 12.1. The Balaban J connectivity index is 2.94. The number of methoxy groups -OCH3 is 1. The Morgan fingerprint density at radius 2 is 2.19 bits per heavy atom. The molecule has 0 spiro atoms. The van der Waals surface area contributed by atoms with Crippen LogP contribution in [0, 0.1) is 0 Å². The van der Waals surface area contributed by atoms with Gasteiger partial charge in [-0.15, -0.1) is 0 Å². The van der Waals surface area contributed by atoms with Gasteiger partial charge in [-0.2, -0.15) is 0 Å². The van der Waals surface area contributed by atoms with E-state index in [2.05, 4.69) is 20.9 Å². The van der Waals surface area contributed by atoms with Crippen LogP contribution in [0.3, 0.4) is 0 Å². The second-order valence-corrected chi connectivity index (χ2v) is 4.11. The molecule has 5 heteroatoms. The van der Waals surface area contributed by atoms with Crippen LogP contribution in [0.2, 0.25) is 0 Å². The minimum Gasteiger partial charge on any atom is -0.494 e. The van der Waals surface area contributed by atoms with E-state index in [1.807, 2.05) is 0 Å². The van der Waals surface area contributed by atoms with Crippen LogP contribution in [-0.2, 0) is 4.79 Å². The number of carbonyl (C=O) groups is 2. The van der Waals surface area contributed by atoms with Crippen LogP contribution >= 0.6 is 15.9 Å². The van der Waals surface area contributed by atoms with Gasteiger partial charge in [0.05, 0.1) is 13.5 Å². The van der Waals surface area contributed by atoms with E-state index in [9.17, 15) is 9.59 Å². The summed E-state index contributed by atoms with van der Waals surface area (Å²) >= 11 is 3.23. The van der Waals surface area contributed by atoms with E-state index in [0.29, 0.717) is 12.2 Å². The molecule has 0 saturated heterocycles. The van der Waals surface area contributed by atoms with E-state index < -0.39 is 0 Å². The Morgan fingerprint density at radius 3 is 2.75 bits per heavy atom. The van der Waals surface area contributed by atoms with Crippen molar-refractivity contribution in [1.29, 1.82) is 0 Å². The molecule has 0 aliphatic rings. The van der Waals surface area contributed by atoms with Crippen LogP contribution in [-0.4, -0.2) is 23.7 Å². The maximum atomic E-state index is 11.7. The second-order valence-electron chi connectivity index (χ2n) is 3.20. The molecule has 1 aromatic heterocycles. The maximum Gasteiger partial charge on any atom is 0.192 e. The van der Waals surface area contributed by atoms with E-state index in [1.165, 1.54) is 13.3 Å². The van der Waals surface area contributed by atoms with Crippen LogP contribution < -0.4 is 4.74 Å². The van der Waals surface area contributed by atoms with Crippen LogP contribution in [0.25, 0.3) is 0 Å². The fourth-order valence-corrected chi connectivity index (χ4v) is 1.48. The molecule has 86 valence electrons. The predicted molar refractivity (Wildman–Crippen MR) is 62.7 cm³/mol. The predicted octanol–water partition coefficient (Wildman–Crippen LogP) is 2.40. The van der Waals surface area contributed by atoms with E-state index in [1.54, 1.807) is 13.0 Å². The van der Waals surface area contributed by atoms with Crippen molar-refractivity contribution in [2.24, 2.45) is 0 Å². The van der Waals surface area contributed by atoms with Crippen molar-refractivity contribution in [2.75, 3.05) is 7.11 Å². The van der Waals surface area contributed by atoms with Gasteiger partial charge in [-0.1, -0.05) is 6.92 Å². The SMILES string of the molecule is CCC(=O)CC(=O)c1ncc(Br)cc1OC. The summed E-state index contributed by atoms with van der Waals surface area (Å²) in [6.45, 7) is 1.72. The molecule has 4 nitrogen and oxygen atoms in total. The number of carbonyl (C=O) groups excluding carboxylic acids is 2. The Bertz CT molecular complexity index is 418. The number of Topliss-reactive ketones (excluding diaryl/α,β-unsaturated/α-hetero) is 2. The minimum absolute atomic E-state index is 0.100. The van der Waals surface area contributed by atoms with Gasteiger partial charge in [0.15, 0.2) is 5.78 Å². The van der Waals surface area contributed by atoms with Crippen molar-refractivity contribution in [2.45, 2.75) is 19.8 Å². The summed E-state index contributed by atoms with van der Waals surface area (Å²) in [7, 11) is 1.46. The van der Waals surface area contributed by atoms with E-state index in [-0.39, 0.29) is 23.7 Å². The van der Waals surface area contributed by atoms with E-state index in [4.69, 9.17) is 4.74 Å². The molecule has 1 aromatic rings. The molecule has 0 bridgehead atoms. The Kier molecular flexibility index (Phi) is 4.61. The first kappa shape index (κ1) is 12.8. The highest BCUT2D eigenvalue weighted by molar-refractivity contribution is 9.10. The quantitative estimate of drug-likeness (QED) is 0.616. The van der Waals surface area contributed by atoms with Crippen molar-refractivity contribution in [1.82, 2.24) is 4.98 Å². The highest BCUT2D eigenvalue weighted by atomic mass is 79.9. The molecule has 0 atom stereocenters. The summed E-state index contributed by atoms with van der Waals surface area (Å²) in [6, 6.07) is 1.65. The molecular weight excluding hydrogens is 274 g/mol. The smallest absolute Gasteiger partial charge is 0.192 e. The average Bonchev–Trinajstić information content (AvgIpc) is 2.28. The number of nitrogens with zero attached hydrogens (tertiary/aromatic N) is 1. The lowest BCUT2D eigenvalue weighted by molar-refractivity contribution is -0.117. The molecule has 0 aromatic carbocycles. The van der Waals surface area contributed by atoms with Gasteiger partial charge in [0, 0.05) is 17.1 Å². The lowest BCUT2D eigenvalue weighted by Gasteiger charge is -2.06. The van der Waals surface area contributed by atoms with Crippen LogP contribution in [0.4, 0.5) is 0 Å². The zero-order valence-corrected chi connectivity index (χ0v) is 10.7. The van der Waals surface area contributed by atoms with Gasteiger partial charge in [-0.05, 0) is 22.0 Å². The first-order chi connectivity index (χ1) is 7.58. The first-order valence-electron chi connectivity index (χ1n) is 4.83. The standard InChI is InChI=1S/C11H12BrNO3/c1-3-8(14)5-9(15)11-10(16-2)4-7(12)6-13-11/h4,6H,3,5H2,1-2H3. The van der Waals surface area contributed by atoms with Crippen molar-refractivity contribution in [3.63, 3.8) is 0 Å². The van der Waals surface area contributed by atoms with Crippen LogP contribution in [0.1, 0.15) is 30.3 Å². The van der Waals surface area contributed by atoms with Gasteiger partial charge in [0.1, 0.15) is 17.2 Å². The zero-order valence-electron chi connectivity index (χ0n) is 9.12. The molecule has 0 aliphatic heterocycles. The number of aromatic nitrogens is 1. The summed E-state index contributed by atoms with van der Waals surface area (Å²) in [4.78, 5) is 26.9. The maximum absolute atomic E-state index is 11.7. The molecule has 16 heavy (non-hydrogen) atoms. The lowest BCUT2D eigenvalue weighted by atomic mass is 10.1. The Labute approximate surface area is 102 Å². The topological polar surface area (TPSA) is 56.3 Å². The number of halogens is 1. The van der Waals surface area contributed by atoms with Crippen molar-refractivity contribution in [3.8, 4) is 5.75 Å². The molecular formula is C11H12BrNO3.